The highest BCUT2D eigenvalue weighted by Gasteiger charge is 2.16. The van der Waals surface area contributed by atoms with E-state index in [0.717, 1.165) is 31.7 Å². The van der Waals surface area contributed by atoms with Crippen LogP contribution in [0.1, 0.15) is 5.56 Å². The maximum Gasteiger partial charge on any atom is 0.315 e. The average molecular weight is 288 g/mol. The minimum absolute atomic E-state index is 0.164. The Morgan fingerprint density at radius 3 is 2.67 bits per heavy atom. The van der Waals surface area contributed by atoms with E-state index in [0.29, 0.717) is 13.1 Å². The first kappa shape index (κ1) is 15.4. The Kier molecular flexibility index (Phi) is 5.63. The summed E-state index contributed by atoms with van der Waals surface area (Å²) in [4.78, 5) is 16.3. The van der Waals surface area contributed by atoms with Crippen molar-refractivity contribution in [3.63, 3.8) is 0 Å². The Bertz CT molecular complexity index is 481. The lowest BCUT2D eigenvalue weighted by atomic mass is 10.1. The second-order valence-corrected chi connectivity index (χ2v) is 5.27. The van der Waals surface area contributed by atoms with Crippen LogP contribution in [0.4, 0.5) is 10.5 Å². The number of hydrogen-bond donors (Lipinski definition) is 2. The van der Waals surface area contributed by atoms with Crippen LogP contribution in [0, 0.1) is 0 Å². The van der Waals surface area contributed by atoms with Crippen molar-refractivity contribution >= 4 is 11.7 Å². The van der Waals surface area contributed by atoms with Gasteiger partial charge in [0.25, 0.3) is 0 Å². The maximum atomic E-state index is 11.6. The molecule has 0 unspecified atom stereocenters. The van der Waals surface area contributed by atoms with Crippen LogP contribution in [-0.4, -0.2) is 50.7 Å². The van der Waals surface area contributed by atoms with Crippen LogP contribution in [0.25, 0.3) is 0 Å². The van der Waals surface area contributed by atoms with E-state index in [1.54, 1.807) is 6.08 Å². The van der Waals surface area contributed by atoms with Crippen LogP contribution in [0.3, 0.4) is 0 Å². The van der Waals surface area contributed by atoms with Crippen molar-refractivity contribution in [2.75, 3.05) is 44.7 Å². The fourth-order valence-corrected chi connectivity index (χ4v) is 2.42. The quantitative estimate of drug-likeness (QED) is 0.806. The summed E-state index contributed by atoms with van der Waals surface area (Å²) in [7, 11) is 2.15. The fraction of sp³-hybridized carbons (Fsp3) is 0.438. The number of likely N-dealkylation sites (N-methyl/N-ethyl adjacent to an activating group) is 1. The SMILES string of the molecule is C=CCNC(=O)NCc1ccccc1N1CCN(C)CC1. The van der Waals surface area contributed by atoms with Gasteiger partial charge in [-0.2, -0.15) is 0 Å². The van der Waals surface area contributed by atoms with E-state index in [-0.39, 0.29) is 6.03 Å². The lowest BCUT2D eigenvalue weighted by Crippen LogP contribution is -2.45. The molecule has 21 heavy (non-hydrogen) atoms. The van der Waals surface area contributed by atoms with Crippen molar-refractivity contribution in [1.82, 2.24) is 15.5 Å². The lowest BCUT2D eigenvalue weighted by Gasteiger charge is -2.35. The van der Waals surface area contributed by atoms with Crippen molar-refractivity contribution in [3.8, 4) is 0 Å². The molecule has 5 heteroatoms. The molecule has 2 N–H and O–H groups in total. The van der Waals surface area contributed by atoms with Crippen molar-refractivity contribution < 1.29 is 4.79 Å². The number of carbonyl (C=O) groups excluding carboxylic acids is 1. The monoisotopic (exact) mass is 288 g/mol. The molecule has 0 radical (unpaired) electrons. The molecule has 0 atom stereocenters. The van der Waals surface area contributed by atoms with Crippen LogP contribution in [0.5, 0.6) is 0 Å². The Morgan fingerprint density at radius 2 is 1.95 bits per heavy atom. The number of amides is 2. The first-order chi connectivity index (χ1) is 10.2. The third-order valence-corrected chi connectivity index (χ3v) is 3.68. The lowest BCUT2D eigenvalue weighted by molar-refractivity contribution is 0.241. The number of nitrogens with zero attached hydrogens (tertiary/aromatic N) is 2. The molecule has 0 spiro atoms. The summed E-state index contributed by atoms with van der Waals surface area (Å²) in [6.07, 6.45) is 1.66. The molecule has 0 bridgehead atoms. The summed E-state index contributed by atoms with van der Waals surface area (Å²) in [5.41, 5.74) is 2.37. The van der Waals surface area contributed by atoms with E-state index in [9.17, 15) is 4.79 Å². The first-order valence-corrected chi connectivity index (χ1v) is 7.34. The van der Waals surface area contributed by atoms with E-state index >= 15 is 0 Å². The molecular formula is C16H24N4O. The van der Waals surface area contributed by atoms with Gasteiger partial charge in [-0.25, -0.2) is 4.79 Å². The van der Waals surface area contributed by atoms with Crippen molar-refractivity contribution in [1.29, 1.82) is 0 Å². The van der Waals surface area contributed by atoms with E-state index in [2.05, 4.69) is 52.3 Å². The Labute approximate surface area is 126 Å². The summed E-state index contributed by atoms with van der Waals surface area (Å²) in [5.74, 6) is 0. The maximum absolute atomic E-state index is 11.6. The molecule has 0 aliphatic carbocycles. The number of rotatable bonds is 5. The number of carbonyl (C=O) groups is 1. The summed E-state index contributed by atoms with van der Waals surface area (Å²) in [6, 6.07) is 8.10. The molecule has 1 heterocycles. The largest absolute Gasteiger partial charge is 0.369 e. The summed E-state index contributed by atoms with van der Waals surface area (Å²) >= 11 is 0. The molecule has 1 fully saturated rings. The van der Waals surface area contributed by atoms with Crippen molar-refractivity contribution in [3.05, 3.63) is 42.5 Å². The van der Waals surface area contributed by atoms with Gasteiger partial charge in [-0.3, -0.25) is 0 Å². The zero-order valence-corrected chi connectivity index (χ0v) is 12.6. The molecule has 0 saturated carbocycles. The molecule has 0 aromatic heterocycles. The van der Waals surface area contributed by atoms with Crippen LogP contribution in [0.2, 0.25) is 0 Å². The highest BCUT2D eigenvalue weighted by atomic mass is 16.2. The van der Waals surface area contributed by atoms with Gasteiger partial charge in [0.15, 0.2) is 0 Å². The Hall–Kier alpha value is -2.01. The number of para-hydroxylation sites is 1. The van der Waals surface area contributed by atoms with Crippen molar-refractivity contribution in [2.24, 2.45) is 0 Å². The number of nitrogens with one attached hydrogen (secondary N) is 2. The summed E-state index contributed by atoms with van der Waals surface area (Å²) < 4.78 is 0. The molecular weight excluding hydrogens is 264 g/mol. The second-order valence-electron chi connectivity index (χ2n) is 5.27. The number of anilines is 1. The number of benzene rings is 1. The molecule has 1 aliphatic rings. The predicted octanol–water partition coefficient (Wildman–Crippen LogP) is 1.42. The van der Waals surface area contributed by atoms with Gasteiger partial charge in [0.2, 0.25) is 0 Å². The standard InChI is InChI=1S/C16H24N4O/c1-3-8-17-16(21)18-13-14-6-4-5-7-15(14)20-11-9-19(2)10-12-20/h3-7H,1,8-13H2,2H3,(H2,17,18,21). The number of hydrogen-bond acceptors (Lipinski definition) is 3. The zero-order chi connectivity index (χ0) is 15.1. The van der Waals surface area contributed by atoms with Gasteiger partial charge in [0.05, 0.1) is 0 Å². The van der Waals surface area contributed by atoms with Gasteiger partial charge >= 0.3 is 6.03 Å². The van der Waals surface area contributed by atoms with Crippen LogP contribution in [-0.2, 0) is 6.54 Å². The summed E-state index contributed by atoms with van der Waals surface area (Å²) in [6.45, 7) is 8.78. The smallest absolute Gasteiger partial charge is 0.315 e. The van der Waals surface area contributed by atoms with E-state index in [4.69, 9.17) is 0 Å². The van der Waals surface area contributed by atoms with Gasteiger partial charge in [-0.05, 0) is 18.7 Å². The zero-order valence-electron chi connectivity index (χ0n) is 12.6. The fourth-order valence-electron chi connectivity index (χ4n) is 2.42. The molecule has 2 rings (SSSR count). The topological polar surface area (TPSA) is 47.6 Å². The Balaban J connectivity index is 1.96. The molecule has 1 aromatic rings. The highest BCUT2D eigenvalue weighted by Crippen LogP contribution is 2.21. The predicted molar refractivity (Wildman–Crippen MR) is 86.6 cm³/mol. The molecule has 1 aliphatic heterocycles. The molecule has 2 amide bonds. The minimum atomic E-state index is -0.164. The van der Waals surface area contributed by atoms with Crippen molar-refractivity contribution in [2.45, 2.75) is 6.54 Å². The van der Waals surface area contributed by atoms with Crippen LogP contribution in [0.15, 0.2) is 36.9 Å². The third kappa shape index (κ3) is 4.49. The minimum Gasteiger partial charge on any atom is -0.369 e. The molecule has 1 aromatic carbocycles. The van der Waals surface area contributed by atoms with Gasteiger partial charge in [0.1, 0.15) is 0 Å². The Morgan fingerprint density at radius 1 is 1.24 bits per heavy atom. The van der Waals surface area contributed by atoms with Gasteiger partial charge in [-0.15, -0.1) is 6.58 Å². The van der Waals surface area contributed by atoms with E-state index in [1.165, 1.54) is 5.69 Å². The summed E-state index contributed by atoms with van der Waals surface area (Å²) in [5, 5.41) is 5.61. The highest BCUT2D eigenvalue weighted by molar-refractivity contribution is 5.74. The molecule has 1 saturated heterocycles. The third-order valence-electron chi connectivity index (χ3n) is 3.68. The van der Waals surface area contributed by atoms with Crippen LogP contribution < -0.4 is 15.5 Å². The first-order valence-electron chi connectivity index (χ1n) is 7.34. The van der Waals surface area contributed by atoms with Gasteiger partial charge in [-0.1, -0.05) is 24.3 Å². The molecule has 5 nitrogen and oxygen atoms in total. The average Bonchev–Trinajstić information content (AvgIpc) is 2.52. The van der Waals surface area contributed by atoms with Crippen LogP contribution >= 0.6 is 0 Å². The normalized spacial score (nSPS) is 15.6. The van der Waals surface area contributed by atoms with E-state index in [1.807, 2.05) is 6.07 Å². The van der Waals surface area contributed by atoms with Gasteiger partial charge < -0.3 is 20.4 Å². The second kappa shape index (κ2) is 7.69. The number of piperazine rings is 1. The molecule has 114 valence electrons. The van der Waals surface area contributed by atoms with Gasteiger partial charge in [0, 0.05) is 45.0 Å². The van der Waals surface area contributed by atoms with E-state index < -0.39 is 0 Å². The number of urea groups is 1.